The second-order valence-corrected chi connectivity index (χ2v) is 15.0. The molecule has 0 aliphatic heterocycles. The van der Waals surface area contributed by atoms with Gasteiger partial charge in [-0.3, -0.25) is 0 Å². The zero-order chi connectivity index (χ0) is 33.5. The number of phenols is 1. The minimum absolute atomic E-state index is 0. The van der Waals surface area contributed by atoms with Crippen LogP contribution in [-0.2, 0) is 38.9 Å². The van der Waals surface area contributed by atoms with E-state index in [0.29, 0.717) is 5.52 Å². The fourth-order valence-corrected chi connectivity index (χ4v) is 6.89. The number of fused-ring (bicyclic) bond motifs is 5. The van der Waals surface area contributed by atoms with Crippen molar-refractivity contribution < 1.29 is 26.2 Å². The van der Waals surface area contributed by atoms with E-state index >= 15 is 0 Å². The Labute approximate surface area is 301 Å². The van der Waals surface area contributed by atoms with E-state index in [2.05, 4.69) is 120 Å². The number of imidazole rings is 1. The quantitative estimate of drug-likeness (QED) is 0.193. The van der Waals surface area contributed by atoms with Crippen LogP contribution >= 0.6 is 0 Å². The minimum Gasteiger partial charge on any atom is -0.656 e. The van der Waals surface area contributed by atoms with Crippen molar-refractivity contribution in [3.05, 3.63) is 114 Å². The van der Waals surface area contributed by atoms with Gasteiger partial charge in [-0.05, 0) is 68.1 Å². The average molecular weight is 823 g/mol. The van der Waals surface area contributed by atoms with Crippen molar-refractivity contribution in [3.8, 4) is 39.5 Å². The molecule has 8 rings (SSSR count). The first kappa shape index (κ1) is 32.8. The van der Waals surface area contributed by atoms with Gasteiger partial charge in [0.05, 0.1) is 16.7 Å². The van der Waals surface area contributed by atoms with Crippen LogP contribution in [0.2, 0.25) is 0 Å². The third-order valence-electron chi connectivity index (χ3n) is 9.69. The van der Waals surface area contributed by atoms with Crippen LogP contribution in [-0.4, -0.2) is 19.6 Å². The third-order valence-corrected chi connectivity index (χ3v) is 9.69. The van der Waals surface area contributed by atoms with Crippen molar-refractivity contribution in [2.24, 2.45) is 7.05 Å². The van der Waals surface area contributed by atoms with Gasteiger partial charge in [0, 0.05) is 44.6 Å². The second-order valence-electron chi connectivity index (χ2n) is 15.0. The van der Waals surface area contributed by atoms with Crippen LogP contribution in [0.1, 0.15) is 52.7 Å². The van der Waals surface area contributed by atoms with Gasteiger partial charge in [0.15, 0.2) is 0 Å². The molecule has 0 bridgehead atoms. The van der Waals surface area contributed by atoms with Crippen molar-refractivity contribution in [3.63, 3.8) is 0 Å². The summed E-state index contributed by atoms with van der Waals surface area (Å²) in [5.41, 5.74) is 11.7. The Kier molecular flexibility index (Phi) is 7.83. The Morgan fingerprint density at radius 2 is 1.33 bits per heavy atom. The predicted molar refractivity (Wildman–Crippen MR) is 200 cm³/mol. The molecule has 3 heterocycles. The number of aryl methyl sites for hydroxylation is 1. The van der Waals surface area contributed by atoms with Gasteiger partial charge < -0.3 is 14.7 Å². The zero-order valence-electron chi connectivity index (χ0n) is 28.9. The van der Waals surface area contributed by atoms with Crippen molar-refractivity contribution in [2.75, 3.05) is 0 Å². The molecule has 0 saturated carbocycles. The van der Waals surface area contributed by atoms with Gasteiger partial charge in [0.2, 0.25) is 0 Å². The van der Waals surface area contributed by atoms with Gasteiger partial charge in [0.25, 0.3) is 0 Å². The molecular weight excluding hydrogens is 784 g/mol. The summed E-state index contributed by atoms with van der Waals surface area (Å²) < 4.78 is 2.18. The van der Waals surface area contributed by atoms with Crippen LogP contribution in [0.4, 0.5) is 0 Å². The minimum atomic E-state index is -0.0746. The van der Waals surface area contributed by atoms with Crippen LogP contribution in [0.3, 0.4) is 0 Å². The molecule has 0 radical (unpaired) electrons. The van der Waals surface area contributed by atoms with Crippen LogP contribution in [0.5, 0.6) is 5.75 Å². The van der Waals surface area contributed by atoms with Crippen molar-refractivity contribution >= 4 is 43.7 Å². The zero-order valence-corrected chi connectivity index (χ0v) is 31.1. The number of hydrogen-bond acceptors (Lipinski definition) is 3. The number of rotatable bonds is 3. The third kappa shape index (κ3) is 5.45. The molecule has 0 atom stereocenters. The van der Waals surface area contributed by atoms with Crippen molar-refractivity contribution in [2.45, 2.75) is 52.4 Å². The molecule has 0 spiro atoms. The van der Waals surface area contributed by atoms with E-state index in [4.69, 9.17) is 15.0 Å². The van der Waals surface area contributed by atoms with Gasteiger partial charge in [-0.15, -0.1) is 11.0 Å². The SMILES string of the molecule is Cn1c(-c2cc(C(C)(C)C)cc3c2[n-]c2ccc(C(C)(C)C)cc23)nc2c(-c3cc(-c4ccccc4)c4cccc(O)c4n3)cccc21.[Pt]. The van der Waals surface area contributed by atoms with E-state index in [9.17, 15) is 5.11 Å². The fraction of sp³-hybridized carbons (Fsp3) is 0.209. The molecular formula is C43H39N4OPt-. The number of para-hydroxylation sites is 2. The molecule has 5 nitrogen and oxygen atoms in total. The molecule has 0 aliphatic rings. The molecule has 1 N–H and O–H groups in total. The first-order valence-electron chi connectivity index (χ1n) is 16.6. The fourth-order valence-electron chi connectivity index (χ4n) is 6.89. The first-order valence-corrected chi connectivity index (χ1v) is 16.6. The normalized spacial score (nSPS) is 12.3. The molecule has 0 fully saturated rings. The number of hydrogen-bond donors (Lipinski definition) is 1. The number of aromatic nitrogens is 4. The van der Waals surface area contributed by atoms with Crippen LogP contribution < -0.4 is 4.98 Å². The van der Waals surface area contributed by atoms with E-state index in [1.165, 1.54) is 16.5 Å². The number of phenolic OH excluding ortho intramolecular Hbond substituents is 1. The van der Waals surface area contributed by atoms with Crippen molar-refractivity contribution in [1.82, 2.24) is 19.5 Å². The summed E-state index contributed by atoms with van der Waals surface area (Å²) in [5, 5.41) is 14.2. The number of benzene rings is 5. The summed E-state index contributed by atoms with van der Waals surface area (Å²) in [5.74, 6) is 1.02. The standard InChI is InChI=1S/C43H39N4O.Pt/c1-42(2,3)26-19-20-34-31(21-26)32-22-27(43(4,5)6)23-33(38(32)44-34)41-46-39-29(16-11-17-36(39)47(41)7)35-24-30(25-13-9-8-10-14-25)28-15-12-18-37(48)40(28)45-35;/h8-24H,1-7H3,(H-,44,45,46,48);/q-1;. The van der Waals surface area contributed by atoms with E-state index < -0.39 is 0 Å². The van der Waals surface area contributed by atoms with Gasteiger partial charge in [0.1, 0.15) is 17.1 Å². The smallest absolute Gasteiger partial charge is 0.141 e. The van der Waals surface area contributed by atoms with E-state index in [-0.39, 0.29) is 37.6 Å². The summed E-state index contributed by atoms with van der Waals surface area (Å²) in [7, 11) is 2.08. The topological polar surface area (TPSA) is 65.0 Å². The molecule has 248 valence electrons. The second kappa shape index (κ2) is 11.7. The summed E-state index contributed by atoms with van der Waals surface area (Å²) in [6.07, 6.45) is 0. The van der Waals surface area contributed by atoms with Gasteiger partial charge in [-0.25, -0.2) is 9.97 Å². The maximum atomic E-state index is 10.9. The first-order chi connectivity index (χ1) is 22.9. The van der Waals surface area contributed by atoms with E-state index in [1.807, 2.05) is 30.3 Å². The van der Waals surface area contributed by atoms with E-state index in [0.717, 1.165) is 66.6 Å². The summed E-state index contributed by atoms with van der Waals surface area (Å²) in [6.45, 7) is 13.5. The maximum Gasteiger partial charge on any atom is 0.141 e. The van der Waals surface area contributed by atoms with Gasteiger partial charge >= 0.3 is 0 Å². The Bertz CT molecular complexity index is 2550. The Morgan fingerprint density at radius 1 is 0.612 bits per heavy atom. The molecule has 8 aromatic rings. The summed E-state index contributed by atoms with van der Waals surface area (Å²) in [6, 6.07) is 35.5. The van der Waals surface area contributed by atoms with Gasteiger partial charge in [-0.2, -0.15) is 0 Å². The molecule has 0 amide bonds. The van der Waals surface area contributed by atoms with Gasteiger partial charge in [-0.1, -0.05) is 120 Å². The number of pyridine rings is 1. The Hall–Kier alpha value is -4.73. The number of aromatic hydroxyl groups is 1. The van der Waals surface area contributed by atoms with Crippen LogP contribution in [0.15, 0.2) is 103 Å². The summed E-state index contributed by atoms with van der Waals surface area (Å²) >= 11 is 0. The van der Waals surface area contributed by atoms with Crippen molar-refractivity contribution in [1.29, 1.82) is 0 Å². The Morgan fingerprint density at radius 3 is 2.06 bits per heavy atom. The van der Waals surface area contributed by atoms with Crippen LogP contribution in [0.25, 0.3) is 77.5 Å². The Balaban J connectivity index is 0.00000378. The van der Waals surface area contributed by atoms with E-state index in [1.54, 1.807) is 6.07 Å². The maximum absolute atomic E-state index is 10.9. The largest absolute Gasteiger partial charge is 0.656 e. The predicted octanol–water partition coefficient (Wildman–Crippen LogP) is 10.7. The molecule has 0 aliphatic carbocycles. The molecule has 49 heavy (non-hydrogen) atoms. The monoisotopic (exact) mass is 822 g/mol. The molecule has 5 aromatic carbocycles. The average Bonchev–Trinajstić information content (AvgIpc) is 3.61. The molecule has 6 heteroatoms. The number of nitrogens with zero attached hydrogens (tertiary/aromatic N) is 4. The molecule has 0 unspecified atom stereocenters. The van der Waals surface area contributed by atoms with Crippen LogP contribution in [0, 0.1) is 0 Å². The molecule has 0 saturated heterocycles. The molecule has 3 aromatic heterocycles. The summed E-state index contributed by atoms with van der Waals surface area (Å²) in [4.78, 5) is 15.6.